The molecule has 1 amide bonds. The molecule has 0 aromatic heterocycles. The quantitative estimate of drug-likeness (QED) is 0.302. The van der Waals surface area contributed by atoms with E-state index in [1.165, 1.54) is 45.4 Å². The van der Waals surface area contributed by atoms with Crippen LogP contribution in [0.4, 0.5) is 0 Å². The van der Waals surface area contributed by atoms with Gasteiger partial charge in [-0.25, -0.2) is 0 Å². The summed E-state index contributed by atoms with van der Waals surface area (Å²) in [7, 11) is 0. The number of carbonyl (C=O) groups is 2. The maximum Gasteiger partial charge on any atom is 0.373 e. The first kappa shape index (κ1) is 47.6. The second-order valence-electron chi connectivity index (χ2n) is 13.0. The van der Waals surface area contributed by atoms with Gasteiger partial charge < -0.3 is 24.6 Å². The molecule has 53 heavy (non-hydrogen) atoms. The van der Waals surface area contributed by atoms with Gasteiger partial charge in [0.1, 0.15) is 12.1 Å². The summed E-state index contributed by atoms with van der Waals surface area (Å²) in [5, 5.41) is 17.5. The summed E-state index contributed by atoms with van der Waals surface area (Å²) in [6.07, 6.45) is 5.05. The van der Waals surface area contributed by atoms with E-state index in [0.717, 1.165) is 64.0 Å². The lowest BCUT2D eigenvalue weighted by atomic mass is 9.85. The number of aliphatic hydroxyl groups is 1. The highest BCUT2D eigenvalue weighted by molar-refractivity contribution is 5.87. The van der Waals surface area contributed by atoms with E-state index in [-0.39, 0.29) is 31.4 Å². The lowest BCUT2D eigenvalue weighted by Gasteiger charge is -2.26. The molecule has 3 atom stereocenters. The lowest BCUT2D eigenvalue weighted by molar-refractivity contribution is -0.191. The molecule has 3 heterocycles. The molecule has 0 spiro atoms. The number of hydrazine groups is 1. The third-order valence-corrected chi connectivity index (χ3v) is 9.57. The van der Waals surface area contributed by atoms with Crippen molar-refractivity contribution in [1.82, 2.24) is 15.3 Å². The number of aryl methyl sites for hydroxylation is 6. The first-order chi connectivity index (χ1) is 25.1. The van der Waals surface area contributed by atoms with E-state index in [0.29, 0.717) is 32.9 Å². The van der Waals surface area contributed by atoms with E-state index in [1.54, 1.807) is 10.0 Å². The Morgan fingerprint density at radius 1 is 0.849 bits per heavy atom. The third kappa shape index (κ3) is 13.4. The van der Waals surface area contributed by atoms with Gasteiger partial charge in [0.15, 0.2) is 0 Å². The van der Waals surface area contributed by atoms with Gasteiger partial charge in [-0.1, -0.05) is 77.4 Å². The molecule has 2 N–H and O–H groups in total. The van der Waals surface area contributed by atoms with Crippen LogP contribution in [0.15, 0.2) is 24.3 Å². The maximum atomic E-state index is 13.0. The largest absolute Gasteiger partial charge is 0.466 e. The summed E-state index contributed by atoms with van der Waals surface area (Å²) < 4.78 is 15.8. The lowest BCUT2D eigenvalue weighted by Crippen LogP contribution is -2.43. The predicted molar refractivity (Wildman–Crippen MR) is 208 cm³/mol. The maximum absolute atomic E-state index is 13.0. The summed E-state index contributed by atoms with van der Waals surface area (Å²) in [4.78, 5) is 41.4. The van der Waals surface area contributed by atoms with Gasteiger partial charge in [-0.2, -0.15) is 14.6 Å². The molecular weight excluding hydrogens is 674 g/mol. The molecule has 3 fully saturated rings. The molecule has 298 valence electrons. The van der Waals surface area contributed by atoms with E-state index in [9.17, 15) is 14.7 Å². The fraction of sp³-hybridized carbons (Fsp3) is 0.643. The Bertz CT molecular complexity index is 1370. The van der Waals surface area contributed by atoms with Crippen LogP contribution in [0.3, 0.4) is 0 Å². The van der Waals surface area contributed by atoms with Crippen molar-refractivity contribution in [3.05, 3.63) is 68.8 Å². The first-order valence-corrected chi connectivity index (χ1v) is 19.1. The van der Waals surface area contributed by atoms with Crippen molar-refractivity contribution in [2.24, 2.45) is 0 Å². The Balaban J connectivity index is 0.000000420. The number of nitrogens with zero attached hydrogens (tertiary/aromatic N) is 2. The van der Waals surface area contributed by atoms with Crippen molar-refractivity contribution >= 4 is 18.0 Å². The van der Waals surface area contributed by atoms with Gasteiger partial charge in [0.05, 0.1) is 38.9 Å². The molecule has 5 rings (SSSR count). The van der Waals surface area contributed by atoms with Crippen LogP contribution in [0.2, 0.25) is 0 Å². The Kier molecular flexibility index (Phi) is 22.9. The number of carbonyl (C=O) groups excluding carboxylic acids is 4. The van der Waals surface area contributed by atoms with Crippen molar-refractivity contribution in [3.63, 3.8) is 0 Å². The SMILES string of the molecule is C.C1CNCCOC1.CCOC(=O)C(CC)c1c(CC)cc(C)cc1CC.CCc1cc(C)cc(CC)c1C1C(=O)N2CCOCCN2C1O.O=C=O. The van der Waals surface area contributed by atoms with E-state index in [2.05, 4.69) is 78.0 Å². The molecular formula is C42H67N3O8. The van der Waals surface area contributed by atoms with Crippen LogP contribution < -0.4 is 5.32 Å². The van der Waals surface area contributed by atoms with Crippen LogP contribution in [-0.4, -0.2) is 98.6 Å². The molecule has 3 saturated heterocycles. The predicted octanol–water partition coefficient (Wildman–Crippen LogP) is 5.84. The number of nitrogens with one attached hydrogen (secondary N) is 1. The fourth-order valence-corrected chi connectivity index (χ4v) is 7.23. The molecule has 3 aliphatic heterocycles. The Morgan fingerprint density at radius 2 is 1.36 bits per heavy atom. The smallest absolute Gasteiger partial charge is 0.373 e. The number of hydrogen-bond acceptors (Lipinski definition) is 10. The number of ether oxygens (including phenoxy) is 3. The summed E-state index contributed by atoms with van der Waals surface area (Å²) in [6.45, 7) is 23.2. The average molecular weight is 742 g/mol. The van der Waals surface area contributed by atoms with Crippen LogP contribution in [0, 0.1) is 13.8 Å². The van der Waals surface area contributed by atoms with Gasteiger partial charge >= 0.3 is 12.1 Å². The number of fused-ring (bicyclic) bond motifs is 1. The highest BCUT2D eigenvalue weighted by Crippen LogP contribution is 2.38. The number of hydrogen-bond donors (Lipinski definition) is 2. The highest BCUT2D eigenvalue weighted by Gasteiger charge is 2.48. The van der Waals surface area contributed by atoms with Crippen molar-refractivity contribution < 1.29 is 38.5 Å². The number of esters is 1. The Labute approximate surface area is 318 Å². The minimum Gasteiger partial charge on any atom is -0.466 e. The number of benzene rings is 2. The normalized spacial score (nSPS) is 18.8. The minimum atomic E-state index is -0.803. The summed E-state index contributed by atoms with van der Waals surface area (Å²) in [5.41, 5.74) is 9.66. The van der Waals surface area contributed by atoms with Crippen LogP contribution in [0.25, 0.3) is 0 Å². The molecule has 2 aromatic rings. The van der Waals surface area contributed by atoms with Gasteiger partial charge in [0.25, 0.3) is 0 Å². The topological polar surface area (TPSA) is 135 Å². The Morgan fingerprint density at radius 3 is 1.87 bits per heavy atom. The fourth-order valence-electron chi connectivity index (χ4n) is 7.23. The van der Waals surface area contributed by atoms with E-state index >= 15 is 0 Å². The number of aliphatic hydroxyl groups excluding tert-OH is 1. The second-order valence-corrected chi connectivity index (χ2v) is 13.0. The molecule has 3 aliphatic rings. The van der Waals surface area contributed by atoms with Crippen LogP contribution in [0.1, 0.15) is 118 Å². The third-order valence-electron chi connectivity index (χ3n) is 9.57. The molecule has 0 aliphatic carbocycles. The summed E-state index contributed by atoms with van der Waals surface area (Å²) >= 11 is 0. The van der Waals surface area contributed by atoms with Crippen LogP contribution >= 0.6 is 0 Å². The van der Waals surface area contributed by atoms with Gasteiger partial charge in [-0.05, 0) is 99.2 Å². The molecule has 2 aromatic carbocycles. The molecule has 0 radical (unpaired) electrons. The highest BCUT2D eigenvalue weighted by atomic mass is 16.5. The average Bonchev–Trinajstić information content (AvgIpc) is 3.48. The zero-order chi connectivity index (χ0) is 38.6. The first-order valence-electron chi connectivity index (χ1n) is 19.1. The second kappa shape index (κ2) is 25.6. The monoisotopic (exact) mass is 741 g/mol. The number of rotatable bonds is 9. The number of amides is 1. The standard InChI is InChI=1S/C18H26N2O3.C17H26O2.C5H11NO.CO2.CH4/c1-4-13-10-12(3)11-14(5-2)15(13)16-17(21)19-6-8-23-9-7-20(19)18(16)22;1-6-13-10-12(5)11-14(7-2)16(13)15(8-3)17(18)19-9-4;1-2-6-3-5-7-4-1;2-1-3;/h10-11,16-17,21H,4-9H2,1-3H3;10-11,15H,6-9H2,1-5H3;6H,1-5H2;;1H4. The molecule has 11 nitrogen and oxygen atoms in total. The van der Waals surface area contributed by atoms with Crippen LogP contribution in [0.5, 0.6) is 0 Å². The molecule has 11 heteroatoms. The molecule has 3 unspecified atom stereocenters. The van der Waals surface area contributed by atoms with Crippen molar-refractivity contribution in [2.75, 3.05) is 59.2 Å². The molecule has 0 bridgehead atoms. The van der Waals surface area contributed by atoms with Gasteiger partial charge in [-0.3, -0.25) is 14.6 Å². The zero-order valence-corrected chi connectivity index (χ0v) is 32.8. The summed E-state index contributed by atoms with van der Waals surface area (Å²) in [6, 6.07) is 8.71. The molecule has 0 saturated carbocycles. The minimum absolute atomic E-state index is 0. The van der Waals surface area contributed by atoms with Crippen molar-refractivity contribution in [3.8, 4) is 0 Å². The zero-order valence-electron chi connectivity index (χ0n) is 32.8. The van der Waals surface area contributed by atoms with E-state index in [1.807, 2.05) is 6.92 Å². The van der Waals surface area contributed by atoms with Gasteiger partial charge in [0, 0.05) is 19.7 Å². The Hall–Kier alpha value is -3.44. The summed E-state index contributed by atoms with van der Waals surface area (Å²) in [5.74, 6) is -0.696. The van der Waals surface area contributed by atoms with Crippen LogP contribution in [-0.2, 0) is 59.1 Å². The van der Waals surface area contributed by atoms with Gasteiger partial charge in [-0.15, -0.1) is 0 Å². The van der Waals surface area contributed by atoms with E-state index in [4.69, 9.17) is 23.8 Å². The van der Waals surface area contributed by atoms with E-state index < -0.39 is 12.1 Å². The van der Waals surface area contributed by atoms with Gasteiger partial charge in [0.2, 0.25) is 5.91 Å². The van der Waals surface area contributed by atoms with Crippen molar-refractivity contribution in [2.45, 2.75) is 119 Å². The van der Waals surface area contributed by atoms with Crippen molar-refractivity contribution in [1.29, 1.82) is 0 Å².